The number of hydrogen-bond donors (Lipinski definition) is 0. The lowest BCUT2D eigenvalue weighted by Crippen LogP contribution is -2.13. The predicted octanol–water partition coefficient (Wildman–Crippen LogP) is 0.182. The summed E-state index contributed by atoms with van der Waals surface area (Å²) < 4.78 is 18.7. The van der Waals surface area contributed by atoms with Crippen LogP contribution in [-0.4, -0.2) is 22.5 Å². The molecule has 0 amide bonds. The number of carbonyl (C=O) groups excluding carboxylic acids is 1. The molecule has 0 aromatic heterocycles. The summed E-state index contributed by atoms with van der Waals surface area (Å²) in [6.45, 7) is 2.01. The molecule has 0 saturated heterocycles. The third-order valence-corrected chi connectivity index (χ3v) is 1.76. The lowest BCUT2D eigenvalue weighted by atomic mass is 10.4. The highest BCUT2D eigenvalue weighted by Gasteiger charge is 2.14. The van der Waals surface area contributed by atoms with Crippen molar-refractivity contribution in [2.45, 2.75) is 6.92 Å². The first-order valence-electron chi connectivity index (χ1n) is 3.08. The smallest absolute Gasteiger partial charge is 0.357 e. The highest BCUT2D eigenvalue weighted by atomic mass is 32.2. The van der Waals surface area contributed by atoms with Crippen molar-refractivity contribution in [1.29, 1.82) is 0 Å². The van der Waals surface area contributed by atoms with Gasteiger partial charge in [0.05, 0.1) is 6.61 Å². The van der Waals surface area contributed by atoms with Crippen LogP contribution in [0, 0.1) is 0 Å². The van der Waals surface area contributed by atoms with E-state index >= 15 is 0 Å². The fourth-order valence-corrected chi connectivity index (χ4v) is 1.23. The van der Waals surface area contributed by atoms with Crippen LogP contribution in [0.15, 0.2) is 15.9 Å². The molecule has 0 N–H and O–H groups in total. The summed E-state index contributed by atoms with van der Waals surface area (Å²) in [5.74, 6) is -0.519. The zero-order valence-electron chi connectivity index (χ0n) is 5.94. The van der Waals surface area contributed by atoms with Gasteiger partial charge in [0.1, 0.15) is 0 Å². The first kappa shape index (κ1) is 8.13. The Hall–Kier alpha value is -0.970. The van der Waals surface area contributed by atoms with Gasteiger partial charge in [-0.05, 0) is 13.0 Å². The fourth-order valence-electron chi connectivity index (χ4n) is 0.591. The maximum Gasteiger partial charge on any atom is 0.357 e. The Labute approximate surface area is 66.5 Å². The molecule has 1 atom stereocenters. The van der Waals surface area contributed by atoms with Crippen molar-refractivity contribution in [1.82, 2.24) is 0 Å². The van der Waals surface area contributed by atoms with Gasteiger partial charge in [0.2, 0.25) is 0 Å². The lowest BCUT2D eigenvalue weighted by molar-refractivity contribution is -0.134. The zero-order chi connectivity index (χ0) is 8.27. The molecule has 5 heteroatoms. The molecule has 1 unspecified atom stereocenters. The summed E-state index contributed by atoms with van der Waals surface area (Å²) >= 11 is 0. The first-order chi connectivity index (χ1) is 5.24. The van der Waals surface area contributed by atoms with E-state index in [-0.39, 0.29) is 5.71 Å². The van der Waals surface area contributed by atoms with Crippen molar-refractivity contribution in [3.05, 3.63) is 11.5 Å². The monoisotopic (exact) mass is 173 g/mol. The number of esters is 1. The molecule has 1 aliphatic heterocycles. The third kappa shape index (κ3) is 1.98. The van der Waals surface area contributed by atoms with E-state index in [1.807, 2.05) is 0 Å². The molecule has 0 fully saturated rings. The minimum atomic E-state index is -1.37. The van der Waals surface area contributed by atoms with Crippen LogP contribution in [0.3, 0.4) is 0 Å². The molecule has 4 nitrogen and oxygen atoms in total. The van der Waals surface area contributed by atoms with Crippen LogP contribution >= 0.6 is 0 Å². The molecule has 60 valence electrons. The largest absolute Gasteiger partial charge is 0.461 e. The van der Waals surface area contributed by atoms with E-state index in [0.29, 0.717) is 6.61 Å². The van der Waals surface area contributed by atoms with Crippen LogP contribution < -0.4 is 0 Å². The second-order valence-corrected chi connectivity index (χ2v) is 2.78. The molecule has 0 aromatic carbocycles. The summed E-state index contributed by atoms with van der Waals surface area (Å²) in [5, 5.41) is 1.34. The van der Waals surface area contributed by atoms with Crippen LogP contribution in [0.2, 0.25) is 0 Å². The number of rotatable bonds is 2. The van der Waals surface area contributed by atoms with Gasteiger partial charge in [-0.25, -0.2) is 9.00 Å². The summed E-state index contributed by atoms with van der Waals surface area (Å²) in [6, 6.07) is 0. The summed E-state index contributed by atoms with van der Waals surface area (Å²) in [4.78, 5) is 10.9. The zero-order valence-corrected chi connectivity index (χ0v) is 6.76. The van der Waals surface area contributed by atoms with Crippen LogP contribution in [-0.2, 0) is 20.5 Å². The van der Waals surface area contributed by atoms with Gasteiger partial charge in [0.15, 0.2) is 16.7 Å². The minimum Gasteiger partial charge on any atom is -0.461 e. The van der Waals surface area contributed by atoms with Crippen molar-refractivity contribution in [3.8, 4) is 0 Å². The minimum absolute atomic E-state index is 0.130. The predicted molar refractivity (Wildman–Crippen MR) is 41.4 cm³/mol. The van der Waals surface area contributed by atoms with E-state index in [9.17, 15) is 9.00 Å². The molecule has 0 spiro atoms. The van der Waals surface area contributed by atoms with Gasteiger partial charge < -0.3 is 4.74 Å². The quantitative estimate of drug-likeness (QED) is 0.560. The molecule has 11 heavy (non-hydrogen) atoms. The maximum atomic E-state index is 10.9. The number of nitrogens with zero attached hydrogens (tertiary/aromatic N) is 1. The van der Waals surface area contributed by atoms with Gasteiger partial charge in [-0.1, -0.05) is 0 Å². The summed E-state index contributed by atoms with van der Waals surface area (Å²) in [7, 11) is -1.37. The van der Waals surface area contributed by atoms with Crippen LogP contribution in [0.5, 0.6) is 0 Å². The van der Waals surface area contributed by atoms with E-state index in [4.69, 9.17) is 0 Å². The molecule has 0 aliphatic carbocycles. The third-order valence-electron chi connectivity index (χ3n) is 1.02. The van der Waals surface area contributed by atoms with Gasteiger partial charge >= 0.3 is 5.97 Å². The summed E-state index contributed by atoms with van der Waals surface area (Å²) in [5.41, 5.74) is 0.130. The Bertz CT molecular complexity index is 257. The molecular formula is C6H7NO3S. The van der Waals surface area contributed by atoms with Gasteiger partial charge in [-0.15, -0.1) is 0 Å². The highest BCUT2D eigenvalue weighted by Crippen LogP contribution is 2.01. The van der Waals surface area contributed by atoms with E-state index in [0.717, 1.165) is 0 Å². The van der Waals surface area contributed by atoms with E-state index < -0.39 is 17.0 Å². The molecule has 0 bridgehead atoms. The first-order valence-corrected chi connectivity index (χ1v) is 4.25. The van der Waals surface area contributed by atoms with Crippen LogP contribution in [0.25, 0.3) is 0 Å². The lowest BCUT2D eigenvalue weighted by Gasteiger charge is -1.96. The molecule has 0 aromatic rings. The summed E-state index contributed by atoms with van der Waals surface area (Å²) in [6.07, 6.45) is 1.40. The molecular weight excluding hydrogens is 166 g/mol. The Morgan fingerprint density at radius 3 is 3.00 bits per heavy atom. The van der Waals surface area contributed by atoms with Gasteiger partial charge in [-0.2, -0.15) is 4.40 Å². The molecule has 0 radical (unpaired) electrons. The average molecular weight is 173 g/mol. The second kappa shape index (κ2) is 3.43. The van der Waals surface area contributed by atoms with Gasteiger partial charge in [-0.3, -0.25) is 0 Å². The molecule has 1 rings (SSSR count). The van der Waals surface area contributed by atoms with Crippen molar-refractivity contribution >= 4 is 22.7 Å². The Morgan fingerprint density at radius 1 is 1.82 bits per heavy atom. The van der Waals surface area contributed by atoms with Crippen molar-refractivity contribution in [2.75, 3.05) is 6.61 Å². The average Bonchev–Trinajstić information content (AvgIpc) is 2.36. The van der Waals surface area contributed by atoms with Crippen LogP contribution in [0.4, 0.5) is 0 Å². The molecule has 1 aliphatic rings. The molecule has 0 saturated carbocycles. The Balaban J connectivity index is 2.63. The van der Waals surface area contributed by atoms with Gasteiger partial charge in [0.25, 0.3) is 0 Å². The van der Waals surface area contributed by atoms with Crippen molar-refractivity contribution < 1.29 is 13.7 Å². The van der Waals surface area contributed by atoms with Crippen molar-refractivity contribution in [2.24, 2.45) is 4.40 Å². The number of carbonyl (C=O) groups is 1. The SMILES string of the molecule is CCOC(=O)C1=NS(=O)C=C1. The molecule has 1 heterocycles. The number of hydrogen-bond acceptors (Lipinski definition) is 3. The van der Waals surface area contributed by atoms with E-state index in [1.165, 1.54) is 11.5 Å². The Morgan fingerprint density at radius 2 is 2.55 bits per heavy atom. The normalized spacial score (nSPS) is 21.5. The standard InChI is InChI=1S/C6H7NO3S/c1-2-10-6(8)5-3-4-11(9)7-5/h3-4H,2H2,1H3. The van der Waals surface area contributed by atoms with Crippen LogP contribution in [0.1, 0.15) is 6.92 Å². The maximum absolute atomic E-state index is 10.9. The van der Waals surface area contributed by atoms with Crippen molar-refractivity contribution in [3.63, 3.8) is 0 Å². The fraction of sp³-hybridized carbons (Fsp3) is 0.333. The Kier molecular flexibility index (Phi) is 2.53. The number of ether oxygens (including phenoxy) is 1. The van der Waals surface area contributed by atoms with E-state index in [2.05, 4.69) is 9.13 Å². The highest BCUT2D eigenvalue weighted by molar-refractivity contribution is 7.87. The second-order valence-electron chi connectivity index (χ2n) is 1.78. The van der Waals surface area contributed by atoms with E-state index in [1.54, 1.807) is 6.92 Å². The topological polar surface area (TPSA) is 55.7 Å². The van der Waals surface area contributed by atoms with Gasteiger partial charge in [0, 0.05) is 5.41 Å².